The van der Waals surface area contributed by atoms with Crippen LogP contribution in [0.5, 0.6) is 0 Å². The monoisotopic (exact) mass is 310 g/mol. The third-order valence-electron chi connectivity index (χ3n) is 3.69. The summed E-state index contributed by atoms with van der Waals surface area (Å²) in [6.07, 6.45) is 1.56. The Bertz CT molecular complexity index is 581. The van der Waals surface area contributed by atoms with Gasteiger partial charge < -0.3 is 10.6 Å². The van der Waals surface area contributed by atoms with Crippen molar-refractivity contribution in [2.75, 3.05) is 6.54 Å². The van der Waals surface area contributed by atoms with E-state index in [1.165, 1.54) is 11.1 Å². The van der Waals surface area contributed by atoms with Crippen LogP contribution in [0.4, 0.5) is 0 Å². The summed E-state index contributed by atoms with van der Waals surface area (Å²) in [6, 6.07) is 20.4. The molecule has 1 atom stereocenters. The van der Waals surface area contributed by atoms with Gasteiger partial charge in [-0.05, 0) is 24.0 Å². The summed E-state index contributed by atoms with van der Waals surface area (Å²) in [5, 5.41) is 6.42. The van der Waals surface area contributed by atoms with Crippen molar-refractivity contribution in [2.45, 2.75) is 38.8 Å². The second kappa shape index (κ2) is 9.11. The molecule has 3 heteroatoms. The van der Waals surface area contributed by atoms with Crippen molar-refractivity contribution in [3.05, 3.63) is 71.8 Å². The minimum atomic E-state index is -0.201. The highest BCUT2D eigenvalue weighted by Gasteiger charge is 2.19. The van der Waals surface area contributed by atoms with Crippen molar-refractivity contribution in [2.24, 2.45) is 0 Å². The summed E-state index contributed by atoms with van der Waals surface area (Å²) in [5.41, 5.74) is 2.41. The Morgan fingerprint density at radius 2 is 1.48 bits per heavy atom. The molecule has 23 heavy (non-hydrogen) atoms. The van der Waals surface area contributed by atoms with Gasteiger partial charge >= 0.3 is 0 Å². The topological polar surface area (TPSA) is 41.1 Å². The van der Waals surface area contributed by atoms with Crippen LogP contribution in [-0.2, 0) is 17.6 Å². The summed E-state index contributed by atoms with van der Waals surface area (Å²) < 4.78 is 0. The first-order chi connectivity index (χ1) is 11.1. The second-order valence-corrected chi connectivity index (χ2v) is 6.09. The Kier molecular flexibility index (Phi) is 6.82. The van der Waals surface area contributed by atoms with Crippen LogP contribution in [0.25, 0.3) is 0 Å². The van der Waals surface area contributed by atoms with E-state index in [9.17, 15) is 4.79 Å². The number of hydrogen-bond acceptors (Lipinski definition) is 2. The fourth-order valence-corrected chi connectivity index (χ4v) is 2.58. The number of nitrogens with one attached hydrogen (secondary N) is 2. The molecule has 0 aliphatic rings. The number of carbonyl (C=O) groups is 1. The molecule has 0 fully saturated rings. The minimum Gasteiger partial charge on any atom is -0.354 e. The Morgan fingerprint density at radius 3 is 2.04 bits per heavy atom. The van der Waals surface area contributed by atoms with E-state index >= 15 is 0 Å². The molecule has 1 amide bonds. The molecule has 2 rings (SSSR count). The van der Waals surface area contributed by atoms with Crippen LogP contribution in [0, 0.1) is 0 Å². The van der Waals surface area contributed by atoms with Crippen LogP contribution in [0.3, 0.4) is 0 Å². The van der Waals surface area contributed by atoms with E-state index in [2.05, 4.69) is 48.7 Å². The number of amides is 1. The van der Waals surface area contributed by atoms with Crippen LogP contribution in [-0.4, -0.2) is 24.5 Å². The lowest BCUT2D eigenvalue weighted by atomic mass is 10.0. The fraction of sp³-hybridized carbons (Fsp3) is 0.350. The molecule has 2 N–H and O–H groups in total. The third kappa shape index (κ3) is 6.25. The lowest BCUT2D eigenvalue weighted by molar-refractivity contribution is -0.123. The molecule has 0 aliphatic heterocycles. The fourth-order valence-electron chi connectivity index (χ4n) is 2.58. The van der Waals surface area contributed by atoms with Crippen molar-refractivity contribution in [3.8, 4) is 0 Å². The largest absolute Gasteiger partial charge is 0.354 e. The molecule has 0 heterocycles. The highest BCUT2D eigenvalue weighted by Crippen LogP contribution is 2.05. The normalized spacial score (nSPS) is 12.1. The molecular weight excluding hydrogens is 284 g/mol. The van der Waals surface area contributed by atoms with Gasteiger partial charge in [-0.15, -0.1) is 0 Å². The summed E-state index contributed by atoms with van der Waals surface area (Å²) in [4.78, 5) is 12.5. The van der Waals surface area contributed by atoms with E-state index < -0.39 is 0 Å². The Morgan fingerprint density at radius 1 is 0.913 bits per heavy atom. The van der Waals surface area contributed by atoms with Crippen LogP contribution in [0.2, 0.25) is 0 Å². The summed E-state index contributed by atoms with van der Waals surface area (Å²) in [5.74, 6) is 0.0680. The molecule has 0 radical (unpaired) electrons. The van der Waals surface area contributed by atoms with Gasteiger partial charge in [-0.3, -0.25) is 4.79 Å². The quantitative estimate of drug-likeness (QED) is 0.787. The number of rotatable bonds is 8. The molecule has 0 bridgehead atoms. The molecule has 3 nitrogen and oxygen atoms in total. The van der Waals surface area contributed by atoms with Crippen LogP contribution >= 0.6 is 0 Å². The van der Waals surface area contributed by atoms with E-state index in [0.29, 0.717) is 13.0 Å². The Hall–Kier alpha value is -2.13. The summed E-state index contributed by atoms with van der Waals surface area (Å²) >= 11 is 0. The first-order valence-electron chi connectivity index (χ1n) is 8.27. The molecule has 2 aromatic carbocycles. The average Bonchev–Trinajstić information content (AvgIpc) is 2.56. The van der Waals surface area contributed by atoms with Gasteiger partial charge in [-0.2, -0.15) is 0 Å². The number of hydrogen-bond donors (Lipinski definition) is 2. The molecule has 1 unspecified atom stereocenters. The van der Waals surface area contributed by atoms with Crippen LogP contribution in [0.15, 0.2) is 60.7 Å². The first kappa shape index (κ1) is 17.2. The van der Waals surface area contributed by atoms with E-state index in [4.69, 9.17) is 0 Å². The molecule has 122 valence electrons. The average molecular weight is 310 g/mol. The molecular formula is C20H26N2O. The molecule has 0 saturated heterocycles. The SMILES string of the molecule is CC(C)NC(Cc1ccccc1)C(=O)NCCc1ccccc1. The van der Waals surface area contributed by atoms with Crippen molar-refractivity contribution in [1.82, 2.24) is 10.6 Å². The van der Waals surface area contributed by atoms with E-state index in [0.717, 1.165) is 6.42 Å². The Balaban J connectivity index is 1.88. The van der Waals surface area contributed by atoms with E-state index in [-0.39, 0.29) is 18.0 Å². The van der Waals surface area contributed by atoms with E-state index in [1.807, 2.05) is 36.4 Å². The number of benzene rings is 2. The lowest BCUT2D eigenvalue weighted by Crippen LogP contribution is -2.48. The van der Waals surface area contributed by atoms with Crippen LogP contribution < -0.4 is 10.6 Å². The maximum atomic E-state index is 12.5. The van der Waals surface area contributed by atoms with Gasteiger partial charge in [0.15, 0.2) is 0 Å². The standard InChI is InChI=1S/C20H26N2O/c1-16(2)22-19(15-18-11-7-4-8-12-18)20(23)21-14-13-17-9-5-3-6-10-17/h3-12,16,19,22H,13-15H2,1-2H3,(H,21,23). The van der Waals surface area contributed by atoms with Gasteiger partial charge in [-0.25, -0.2) is 0 Å². The zero-order valence-corrected chi connectivity index (χ0v) is 14.0. The maximum Gasteiger partial charge on any atom is 0.237 e. The van der Waals surface area contributed by atoms with Gasteiger partial charge in [-0.1, -0.05) is 74.5 Å². The van der Waals surface area contributed by atoms with E-state index in [1.54, 1.807) is 0 Å². The smallest absolute Gasteiger partial charge is 0.237 e. The van der Waals surface area contributed by atoms with Crippen molar-refractivity contribution < 1.29 is 4.79 Å². The van der Waals surface area contributed by atoms with Gasteiger partial charge in [0, 0.05) is 12.6 Å². The van der Waals surface area contributed by atoms with Crippen molar-refractivity contribution in [1.29, 1.82) is 0 Å². The molecule has 0 saturated carbocycles. The molecule has 2 aromatic rings. The predicted molar refractivity (Wildman–Crippen MR) is 95.4 cm³/mol. The van der Waals surface area contributed by atoms with Crippen molar-refractivity contribution in [3.63, 3.8) is 0 Å². The molecule has 0 aliphatic carbocycles. The lowest BCUT2D eigenvalue weighted by Gasteiger charge is -2.21. The minimum absolute atomic E-state index is 0.0680. The van der Waals surface area contributed by atoms with Gasteiger partial charge in [0.1, 0.15) is 0 Å². The summed E-state index contributed by atoms with van der Waals surface area (Å²) in [7, 11) is 0. The zero-order valence-electron chi connectivity index (χ0n) is 14.0. The molecule has 0 aromatic heterocycles. The maximum absolute atomic E-state index is 12.5. The van der Waals surface area contributed by atoms with Crippen molar-refractivity contribution >= 4 is 5.91 Å². The van der Waals surface area contributed by atoms with Gasteiger partial charge in [0.25, 0.3) is 0 Å². The second-order valence-electron chi connectivity index (χ2n) is 6.09. The highest BCUT2D eigenvalue weighted by atomic mass is 16.2. The zero-order chi connectivity index (χ0) is 16.5. The Labute approximate surface area is 139 Å². The number of carbonyl (C=O) groups excluding carboxylic acids is 1. The third-order valence-corrected chi connectivity index (χ3v) is 3.69. The van der Waals surface area contributed by atoms with Gasteiger partial charge in [0.2, 0.25) is 5.91 Å². The highest BCUT2D eigenvalue weighted by molar-refractivity contribution is 5.82. The summed E-state index contributed by atoms with van der Waals surface area (Å²) in [6.45, 7) is 4.79. The van der Waals surface area contributed by atoms with Crippen LogP contribution in [0.1, 0.15) is 25.0 Å². The predicted octanol–water partition coefficient (Wildman–Crippen LogP) is 2.95. The van der Waals surface area contributed by atoms with Gasteiger partial charge in [0.05, 0.1) is 6.04 Å². The molecule has 0 spiro atoms. The first-order valence-corrected chi connectivity index (χ1v) is 8.27.